The summed E-state index contributed by atoms with van der Waals surface area (Å²) in [6.07, 6.45) is 7.42. The number of hydrogen-bond donors (Lipinski definition) is 1. The van der Waals surface area contributed by atoms with E-state index < -0.39 is 5.54 Å². The normalized spacial score (nSPS) is 13.6. The predicted molar refractivity (Wildman–Crippen MR) is 93.0 cm³/mol. The molecule has 3 aromatic rings. The van der Waals surface area contributed by atoms with Crippen molar-refractivity contribution in [3.05, 3.63) is 54.8 Å². The molecule has 0 aliphatic carbocycles. The first-order valence-electron chi connectivity index (χ1n) is 6.92. The topological polar surface area (TPSA) is 93.8 Å². The summed E-state index contributed by atoms with van der Waals surface area (Å²) < 4.78 is 8.46. The highest BCUT2D eigenvalue weighted by Gasteiger charge is 2.28. The number of nitrogens with zero attached hydrogens (tertiary/aromatic N) is 3. The van der Waals surface area contributed by atoms with Crippen LogP contribution >= 0.6 is 27.3 Å². The number of carbonyl (C=O) groups excluding carboxylic acids is 1. The first kappa shape index (κ1) is 16.6. The van der Waals surface area contributed by atoms with E-state index in [9.17, 15) is 9.59 Å². The third-order valence-corrected chi connectivity index (χ3v) is 4.78. The molecule has 0 atom stereocenters. The highest BCUT2D eigenvalue weighted by atomic mass is 79.9. The summed E-state index contributed by atoms with van der Waals surface area (Å²) in [6.45, 7) is 3.47. The van der Waals surface area contributed by atoms with Crippen LogP contribution < -0.4 is 14.8 Å². The Morgan fingerprint density at radius 3 is 2.92 bits per heavy atom. The van der Waals surface area contributed by atoms with E-state index in [0.29, 0.717) is 15.0 Å². The number of aromatic nitrogens is 4. The van der Waals surface area contributed by atoms with Crippen molar-refractivity contribution in [2.45, 2.75) is 19.4 Å². The van der Waals surface area contributed by atoms with Crippen molar-refractivity contribution in [2.24, 2.45) is 0 Å². The molecule has 0 aliphatic heterocycles. The van der Waals surface area contributed by atoms with Crippen molar-refractivity contribution in [1.29, 1.82) is 0 Å². The molecule has 0 unspecified atom stereocenters. The van der Waals surface area contributed by atoms with Gasteiger partial charge in [-0.2, -0.15) is 5.10 Å². The Balaban J connectivity index is 1.97. The Labute approximate surface area is 148 Å². The molecule has 0 bridgehead atoms. The highest BCUT2D eigenvalue weighted by molar-refractivity contribution is 9.10. The van der Waals surface area contributed by atoms with Crippen molar-refractivity contribution in [1.82, 2.24) is 19.7 Å². The van der Waals surface area contributed by atoms with Crippen molar-refractivity contribution in [2.75, 3.05) is 0 Å². The maximum Gasteiger partial charge on any atom is 0.266 e. The predicted octanol–water partition coefficient (Wildman–Crippen LogP) is 0.997. The fraction of sp³-hybridized carbons (Fsp3) is 0.200. The number of hydrogen-bond acceptors (Lipinski definition) is 6. The van der Waals surface area contributed by atoms with Gasteiger partial charge in [0.25, 0.3) is 5.56 Å². The average molecular weight is 409 g/mol. The lowest BCUT2D eigenvalue weighted by atomic mass is 10.00. The summed E-state index contributed by atoms with van der Waals surface area (Å²) in [6, 6.07) is 1.75. The van der Waals surface area contributed by atoms with E-state index in [4.69, 9.17) is 4.42 Å². The van der Waals surface area contributed by atoms with Gasteiger partial charge >= 0.3 is 0 Å². The van der Waals surface area contributed by atoms with E-state index in [0.717, 1.165) is 4.47 Å². The van der Waals surface area contributed by atoms with Crippen LogP contribution in [0.5, 0.6) is 0 Å². The van der Waals surface area contributed by atoms with Crippen LogP contribution in [0.25, 0.3) is 12.2 Å². The summed E-state index contributed by atoms with van der Waals surface area (Å²) in [5.41, 5.74) is -1.17. The molecule has 3 rings (SSSR count). The number of H-pyrrole nitrogens is 1. The van der Waals surface area contributed by atoms with Crippen molar-refractivity contribution < 1.29 is 9.21 Å². The number of ketones is 1. The number of nitrogens with one attached hydrogen (secondary N) is 1. The van der Waals surface area contributed by atoms with Gasteiger partial charge in [-0.15, -0.1) is 11.3 Å². The lowest BCUT2D eigenvalue weighted by Crippen LogP contribution is -2.36. The molecule has 0 aliphatic rings. The number of rotatable bonds is 4. The molecule has 0 saturated heterocycles. The molecule has 0 radical (unpaired) electrons. The Morgan fingerprint density at radius 2 is 2.29 bits per heavy atom. The largest absolute Gasteiger partial charge is 0.464 e. The monoisotopic (exact) mass is 408 g/mol. The van der Waals surface area contributed by atoms with E-state index in [1.807, 2.05) is 0 Å². The van der Waals surface area contributed by atoms with Gasteiger partial charge in [0.05, 0.1) is 13.7 Å². The first-order valence-corrected chi connectivity index (χ1v) is 8.53. The van der Waals surface area contributed by atoms with Crippen LogP contribution in [0.2, 0.25) is 0 Å². The Bertz CT molecular complexity index is 1040. The molecule has 3 heterocycles. The lowest BCUT2D eigenvalue weighted by molar-refractivity contribution is -0.120. The zero-order chi connectivity index (χ0) is 17.3. The third kappa shape index (κ3) is 3.31. The van der Waals surface area contributed by atoms with E-state index in [-0.39, 0.29) is 11.3 Å². The molecule has 24 heavy (non-hydrogen) atoms. The number of furan rings is 1. The van der Waals surface area contributed by atoms with Gasteiger partial charge in [0.2, 0.25) is 0 Å². The van der Waals surface area contributed by atoms with Crippen LogP contribution in [0, 0.1) is 0 Å². The van der Waals surface area contributed by atoms with Gasteiger partial charge < -0.3 is 9.40 Å². The second-order valence-electron chi connectivity index (χ2n) is 5.50. The number of aromatic amines is 1. The lowest BCUT2D eigenvalue weighted by Gasteiger charge is -2.20. The van der Waals surface area contributed by atoms with E-state index >= 15 is 0 Å². The Kier molecular flexibility index (Phi) is 4.37. The standard InChI is InChI=1S/C15H13BrN4O3S/c1-15(2,20-8-17-7-18-20)12(21)5-13-19-14(22)11(24-13)4-10-3-9(16)6-23-10/h3-8H,1-2H3,(H,19,22)/b11-4-,13-5+. The minimum atomic E-state index is -0.896. The van der Waals surface area contributed by atoms with Gasteiger partial charge in [0.15, 0.2) is 5.78 Å². The zero-order valence-corrected chi connectivity index (χ0v) is 15.2. The molecule has 7 nitrogen and oxygen atoms in total. The number of halogens is 1. The molecule has 124 valence electrons. The Hall–Kier alpha value is -2.26. The summed E-state index contributed by atoms with van der Waals surface area (Å²) in [4.78, 5) is 31.1. The van der Waals surface area contributed by atoms with Crippen molar-refractivity contribution >= 4 is 45.2 Å². The van der Waals surface area contributed by atoms with Gasteiger partial charge in [-0.3, -0.25) is 9.59 Å². The van der Waals surface area contributed by atoms with Gasteiger partial charge in [-0.05, 0) is 35.8 Å². The van der Waals surface area contributed by atoms with Crippen LogP contribution in [-0.2, 0) is 10.3 Å². The van der Waals surface area contributed by atoms with Crippen LogP contribution in [0.15, 0.2) is 38.7 Å². The average Bonchev–Trinajstić information content (AvgIpc) is 3.23. The third-order valence-electron chi connectivity index (χ3n) is 3.40. The molecule has 1 N–H and O–H groups in total. The minimum absolute atomic E-state index is 0.196. The summed E-state index contributed by atoms with van der Waals surface area (Å²) in [5.74, 6) is 0.354. The van der Waals surface area contributed by atoms with Crippen LogP contribution in [-0.4, -0.2) is 25.5 Å². The summed E-state index contributed by atoms with van der Waals surface area (Å²) >= 11 is 4.47. The zero-order valence-electron chi connectivity index (χ0n) is 12.8. The fourth-order valence-corrected chi connectivity index (χ4v) is 3.15. The first-order chi connectivity index (χ1) is 11.4. The number of carbonyl (C=O) groups is 1. The van der Waals surface area contributed by atoms with Crippen molar-refractivity contribution in [3.63, 3.8) is 0 Å². The van der Waals surface area contributed by atoms with Gasteiger partial charge in [0, 0.05) is 12.2 Å². The molecule has 0 aromatic carbocycles. The smallest absolute Gasteiger partial charge is 0.266 e. The molecule has 0 fully saturated rings. The number of Topliss-reactive ketones (excluding diaryl/α,β-unsaturated/α-hetero) is 1. The van der Waals surface area contributed by atoms with Crippen molar-refractivity contribution in [3.8, 4) is 0 Å². The van der Waals surface area contributed by atoms with Crippen LogP contribution in [0.3, 0.4) is 0 Å². The quantitative estimate of drug-likeness (QED) is 0.694. The molecular formula is C15H13BrN4O3S. The van der Waals surface area contributed by atoms with E-state index in [1.54, 1.807) is 26.0 Å². The summed E-state index contributed by atoms with van der Waals surface area (Å²) in [5, 5.41) is 4.00. The molecule has 9 heteroatoms. The highest BCUT2D eigenvalue weighted by Crippen LogP contribution is 2.15. The molecular weight excluding hydrogens is 396 g/mol. The maximum atomic E-state index is 12.5. The second-order valence-corrected chi connectivity index (χ2v) is 7.50. The van der Waals surface area contributed by atoms with Crippen LogP contribution in [0.1, 0.15) is 19.6 Å². The fourth-order valence-electron chi connectivity index (χ4n) is 1.96. The molecule has 0 spiro atoms. The Morgan fingerprint density at radius 1 is 1.50 bits per heavy atom. The van der Waals surface area contributed by atoms with E-state index in [1.165, 1.54) is 41.0 Å². The van der Waals surface area contributed by atoms with Gasteiger partial charge in [0.1, 0.15) is 30.2 Å². The molecule has 0 amide bonds. The second kappa shape index (κ2) is 6.33. The van der Waals surface area contributed by atoms with Crippen LogP contribution in [0.4, 0.5) is 0 Å². The molecule has 3 aromatic heterocycles. The molecule has 0 saturated carbocycles. The van der Waals surface area contributed by atoms with E-state index in [2.05, 4.69) is 31.0 Å². The minimum Gasteiger partial charge on any atom is -0.464 e. The van der Waals surface area contributed by atoms with Gasteiger partial charge in [-0.25, -0.2) is 9.67 Å². The summed E-state index contributed by atoms with van der Waals surface area (Å²) in [7, 11) is 0. The SMILES string of the molecule is CC(C)(C(=O)/C=c1\[nH]c(=O)/c(=C/c2cc(Br)co2)s1)n1cncn1. The number of thiazole rings is 1. The maximum absolute atomic E-state index is 12.5. The van der Waals surface area contributed by atoms with Gasteiger partial charge in [-0.1, -0.05) is 0 Å².